The Hall–Kier alpha value is -4.37. The van der Waals surface area contributed by atoms with Crippen molar-refractivity contribution >= 4 is 46.1 Å². The van der Waals surface area contributed by atoms with Gasteiger partial charge in [0.1, 0.15) is 11.6 Å². The molecular weight excluding hydrogens is 450 g/mol. The molecule has 0 fully saturated rings. The first-order valence-corrected chi connectivity index (χ1v) is 11.4. The van der Waals surface area contributed by atoms with Crippen molar-refractivity contribution in [1.29, 1.82) is 0 Å². The van der Waals surface area contributed by atoms with E-state index in [0.29, 0.717) is 28.3 Å². The first-order chi connectivity index (χ1) is 16.6. The second kappa shape index (κ2) is 9.24. The number of hydrogen-bond donors (Lipinski definition) is 2. The van der Waals surface area contributed by atoms with E-state index in [9.17, 15) is 14.4 Å². The lowest BCUT2D eigenvalue weighted by atomic mass is 10.1. The predicted octanol–water partition coefficient (Wildman–Crippen LogP) is 3.99. The molecule has 0 radical (unpaired) electrons. The Morgan fingerprint density at radius 1 is 1.06 bits per heavy atom. The summed E-state index contributed by atoms with van der Waals surface area (Å²) in [5, 5.41) is 8.27. The number of para-hydroxylation sites is 2. The van der Waals surface area contributed by atoms with Crippen LogP contribution in [-0.2, 0) is 16.0 Å². The highest BCUT2D eigenvalue weighted by molar-refractivity contribution is 7.13. The van der Waals surface area contributed by atoms with Crippen molar-refractivity contribution in [2.45, 2.75) is 6.42 Å². The molecule has 0 bridgehead atoms. The molecule has 4 aromatic rings. The number of hydrogen-bond acceptors (Lipinski definition) is 6. The molecule has 8 nitrogen and oxygen atoms in total. The molecule has 0 atom stereocenters. The number of nitrogens with zero attached hydrogens (tertiary/aromatic N) is 3. The number of pyridine rings is 1. The maximum Gasteiger partial charge on any atom is 0.258 e. The molecule has 168 valence electrons. The molecule has 9 heteroatoms. The summed E-state index contributed by atoms with van der Waals surface area (Å²) in [7, 11) is 0. The van der Waals surface area contributed by atoms with Gasteiger partial charge in [-0.1, -0.05) is 12.1 Å². The number of benzene rings is 2. The van der Waals surface area contributed by atoms with Crippen LogP contribution in [-0.4, -0.2) is 34.2 Å². The Kier molecular flexibility index (Phi) is 5.84. The van der Waals surface area contributed by atoms with Crippen molar-refractivity contribution in [3.63, 3.8) is 0 Å². The average molecular weight is 470 g/mol. The van der Waals surface area contributed by atoms with E-state index in [-0.39, 0.29) is 30.7 Å². The number of rotatable bonds is 5. The minimum Gasteiger partial charge on any atom is -0.326 e. The Balaban J connectivity index is 1.23. The number of amides is 3. The molecule has 0 unspecified atom stereocenters. The summed E-state index contributed by atoms with van der Waals surface area (Å²) < 4.78 is 0. The Morgan fingerprint density at radius 3 is 2.68 bits per heavy atom. The van der Waals surface area contributed by atoms with Gasteiger partial charge in [-0.3, -0.25) is 24.3 Å². The van der Waals surface area contributed by atoms with Gasteiger partial charge in [-0.15, -0.1) is 11.3 Å². The van der Waals surface area contributed by atoms with E-state index in [1.807, 2.05) is 23.6 Å². The molecule has 0 spiro atoms. The van der Waals surface area contributed by atoms with Crippen LogP contribution in [0, 0.1) is 0 Å². The molecule has 0 aliphatic carbocycles. The Bertz CT molecular complexity index is 1370. The maximum atomic E-state index is 13.0. The van der Waals surface area contributed by atoms with Gasteiger partial charge < -0.3 is 10.6 Å². The third-order valence-corrected chi connectivity index (χ3v) is 6.17. The normalized spacial score (nSPS) is 12.6. The van der Waals surface area contributed by atoms with Gasteiger partial charge in [0.05, 0.1) is 23.5 Å². The molecule has 0 saturated carbocycles. The van der Waals surface area contributed by atoms with E-state index in [1.165, 1.54) is 16.2 Å². The number of aromatic nitrogens is 2. The van der Waals surface area contributed by atoms with Crippen LogP contribution in [0.15, 0.2) is 78.4 Å². The summed E-state index contributed by atoms with van der Waals surface area (Å²) in [4.78, 5) is 47.6. The lowest BCUT2D eigenvalue weighted by Gasteiger charge is -2.29. The molecule has 2 N–H and O–H groups in total. The molecular formula is C25H19N5O3S. The second-order valence-electron chi connectivity index (χ2n) is 7.64. The zero-order chi connectivity index (χ0) is 23.5. The molecule has 1 aliphatic rings. The molecule has 3 amide bonds. The number of carbonyl (C=O) groups is 3. The first kappa shape index (κ1) is 21.5. The van der Waals surface area contributed by atoms with Crippen LogP contribution in [0.5, 0.6) is 0 Å². The van der Waals surface area contributed by atoms with Crippen molar-refractivity contribution in [2.75, 3.05) is 22.1 Å². The minimum absolute atomic E-state index is 0.0526. The van der Waals surface area contributed by atoms with Gasteiger partial charge in [0.2, 0.25) is 11.8 Å². The second-order valence-corrected chi connectivity index (χ2v) is 8.50. The highest BCUT2D eigenvalue weighted by Gasteiger charge is 2.27. The lowest BCUT2D eigenvalue weighted by Crippen LogP contribution is -2.42. The highest BCUT2D eigenvalue weighted by atomic mass is 32.1. The summed E-state index contributed by atoms with van der Waals surface area (Å²) in [6.45, 7) is -0.0526. The molecule has 1 aliphatic heterocycles. The minimum atomic E-state index is -0.286. The van der Waals surface area contributed by atoms with Crippen LogP contribution in [0.1, 0.15) is 16.1 Å². The summed E-state index contributed by atoms with van der Waals surface area (Å²) in [6, 6.07) is 17.5. The zero-order valence-electron chi connectivity index (χ0n) is 17.9. The largest absolute Gasteiger partial charge is 0.326 e. The fourth-order valence-electron chi connectivity index (χ4n) is 3.65. The van der Waals surface area contributed by atoms with Gasteiger partial charge in [0, 0.05) is 34.6 Å². The van der Waals surface area contributed by atoms with Gasteiger partial charge in [-0.25, -0.2) is 4.98 Å². The van der Waals surface area contributed by atoms with Gasteiger partial charge in [0.15, 0.2) is 0 Å². The van der Waals surface area contributed by atoms with Crippen molar-refractivity contribution in [1.82, 2.24) is 9.97 Å². The van der Waals surface area contributed by atoms with Gasteiger partial charge in [-0.2, -0.15) is 0 Å². The standard InChI is InChI=1S/C25H19N5O3S/c31-22(12-19-15-34-24(28-19)17-4-3-11-26-13-17)27-18-9-7-16(8-10-18)25(33)30-14-23(32)29-20-5-1-2-6-21(20)30/h1-11,13,15H,12,14H2,(H,27,31)(H,29,32). The predicted molar refractivity (Wildman–Crippen MR) is 131 cm³/mol. The van der Waals surface area contributed by atoms with E-state index in [1.54, 1.807) is 54.9 Å². The molecule has 3 heterocycles. The topological polar surface area (TPSA) is 104 Å². The number of carbonyl (C=O) groups excluding carboxylic acids is 3. The fraction of sp³-hybridized carbons (Fsp3) is 0.0800. The first-order valence-electron chi connectivity index (χ1n) is 10.5. The van der Waals surface area contributed by atoms with Crippen LogP contribution in [0.2, 0.25) is 0 Å². The highest BCUT2D eigenvalue weighted by Crippen LogP contribution is 2.30. The van der Waals surface area contributed by atoms with Crippen LogP contribution in [0.3, 0.4) is 0 Å². The van der Waals surface area contributed by atoms with Crippen LogP contribution < -0.4 is 15.5 Å². The summed E-state index contributed by atoms with van der Waals surface area (Å²) in [6.07, 6.45) is 3.57. The van der Waals surface area contributed by atoms with Crippen molar-refractivity contribution in [3.05, 3.63) is 89.7 Å². The number of thiazole rings is 1. The quantitative estimate of drug-likeness (QED) is 0.460. The molecule has 2 aromatic carbocycles. The maximum absolute atomic E-state index is 13.0. The Morgan fingerprint density at radius 2 is 1.88 bits per heavy atom. The monoisotopic (exact) mass is 469 g/mol. The smallest absolute Gasteiger partial charge is 0.258 e. The van der Waals surface area contributed by atoms with Crippen molar-refractivity contribution < 1.29 is 14.4 Å². The van der Waals surface area contributed by atoms with Crippen molar-refractivity contribution in [2.24, 2.45) is 0 Å². The van der Waals surface area contributed by atoms with E-state index in [0.717, 1.165) is 10.6 Å². The van der Waals surface area contributed by atoms with Crippen LogP contribution in [0.25, 0.3) is 10.6 Å². The summed E-state index contributed by atoms with van der Waals surface area (Å²) in [5.41, 5.74) is 3.83. The number of anilines is 3. The van der Waals surface area contributed by atoms with Gasteiger partial charge >= 0.3 is 0 Å². The number of nitrogens with one attached hydrogen (secondary N) is 2. The molecule has 2 aromatic heterocycles. The molecule has 5 rings (SSSR count). The summed E-state index contributed by atoms with van der Waals surface area (Å²) in [5.74, 6) is -0.737. The van der Waals surface area contributed by atoms with Crippen molar-refractivity contribution in [3.8, 4) is 10.6 Å². The van der Waals surface area contributed by atoms with Gasteiger partial charge in [0.25, 0.3) is 5.91 Å². The fourth-order valence-corrected chi connectivity index (χ4v) is 4.46. The SMILES string of the molecule is O=C(Cc1csc(-c2cccnc2)n1)Nc1ccc(C(=O)N2CC(=O)Nc3ccccc32)cc1. The van der Waals surface area contributed by atoms with Crippen LogP contribution in [0.4, 0.5) is 17.1 Å². The summed E-state index contributed by atoms with van der Waals surface area (Å²) >= 11 is 1.46. The molecule has 34 heavy (non-hydrogen) atoms. The van der Waals surface area contributed by atoms with Gasteiger partial charge in [-0.05, 0) is 48.5 Å². The zero-order valence-corrected chi connectivity index (χ0v) is 18.7. The third kappa shape index (κ3) is 4.55. The van der Waals surface area contributed by atoms with E-state index in [2.05, 4.69) is 20.6 Å². The third-order valence-electron chi connectivity index (χ3n) is 5.23. The lowest BCUT2D eigenvalue weighted by molar-refractivity contribution is -0.116. The van der Waals surface area contributed by atoms with E-state index >= 15 is 0 Å². The Labute approximate surface area is 199 Å². The number of fused-ring (bicyclic) bond motifs is 1. The average Bonchev–Trinajstić information content (AvgIpc) is 3.32. The van der Waals surface area contributed by atoms with E-state index < -0.39 is 0 Å². The van der Waals surface area contributed by atoms with E-state index in [4.69, 9.17) is 0 Å². The van der Waals surface area contributed by atoms with Crippen LogP contribution >= 0.6 is 11.3 Å². The molecule has 0 saturated heterocycles.